The van der Waals surface area contributed by atoms with Crippen LogP contribution < -0.4 is 46.0 Å². The van der Waals surface area contributed by atoms with Crippen molar-refractivity contribution in [3.8, 4) is 23.0 Å². The number of ether oxygens (including phenoxy) is 4. The van der Waals surface area contributed by atoms with Crippen LogP contribution in [0.4, 0.5) is 34.1 Å². The summed E-state index contributed by atoms with van der Waals surface area (Å²) in [5, 5.41) is 37.9. The maximum Gasteiger partial charge on any atom is 0.339 e. The van der Waals surface area contributed by atoms with E-state index in [1.165, 1.54) is 101 Å². The van der Waals surface area contributed by atoms with Crippen LogP contribution in [0.15, 0.2) is 138 Å². The maximum absolute atomic E-state index is 13.9. The summed E-state index contributed by atoms with van der Waals surface area (Å²) in [5.41, 5.74) is 9.15. The highest BCUT2D eigenvalue weighted by atomic mass is 32.2. The predicted molar refractivity (Wildman–Crippen MR) is 287 cm³/mol. The molecule has 27 nitrogen and oxygen atoms in total. The number of rotatable bonds is 18. The molecule has 0 saturated heterocycles. The van der Waals surface area contributed by atoms with Crippen LogP contribution in [0, 0.1) is 0 Å². The lowest BCUT2D eigenvalue weighted by Gasteiger charge is -2.19. The van der Waals surface area contributed by atoms with Gasteiger partial charge in [-0.1, -0.05) is 0 Å². The van der Waals surface area contributed by atoms with Gasteiger partial charge in [0.15, 0.2) is 23.0 Å². The van der Waals surface area contributed by atoms with Crippen molar-refractivity contribution in [1.82, 2.24) is 0 Å². The molecule has 4 aliphatic rings. The van der Waals surface area contributed by atoms with Gasteiger partial charge in [-0.2, -0.15) is 37.2 Å². The summed E-state index contributed by atoms with van der Waals surface area (Å²) in [4.78, 5) is 72.7. The smallest absolute Gasteiger partial charge is 0.339 e. The van der Waals surface area contributed by atoms with Gasteiger partial charge in [0.2, 0.25) is 11.6 Å². The number of methoxy groups -OCH3 is 4. The monoisotopic (exact) mass is 1120 g/mol. The largest absolute Gasteiger partial charge is 0.494 e. The van der Waals surface area contributed by atoms with Crippen LogP contribution in [-0.4, -0.2) is 123 Å². The van der Waals surface area contributed by atoms with E-state index in [0.29, 0.717) is 0 Å². The number of hydrazone groups is 4. The summed E-state index contributed by atoms with van der Waals surface area (Å²) in [7, 11) is -5.09. The minimum absolute atomic E-state index is 0.0219. The summed E-state index contributed by atoms with van der Waals surface area (Å²) >= 11 is 0. The van der Waals surface area contributed by atoms with Crippen LogP contribution >= 0.6 is 0 Å². The Bertz CT molecular complexity index is 3710. The van der Waals surface area contributed by atoms with Crippen molar-refractivity contribution in [3.05, 3.63) is 140 Å². The van der Waals surface area contributed by atoms with Gasteiger partial charge in [0.1, 0.15) is 66.7 Å². The van der Waals surface area contributed by atoms with E-state index in [9.17, 15) is 64.9 Å². The number of nitrogens with one attached hydrogen (secondary N) is 5. The molecule has 0 amide bonds. The number of nitrogens with zero attached hydrogens (tertiary/aromatic N) is 4. The number of aliphatic carboxylic acids is 2. The van der Waals surface area contributed by atoms with Crippen molar-refractivity contribution in [2.75, 3.05) is 55.5 Å². The molecule has 0 unspecified atom stereocenters. The lowest BCUT2D eigenvalue weighted by molar-refractivity contribution is -0.135. The second-order valence-corrected chi connectivity index (χ2v) is 19.2. The van der Waals surface area contributed by atoms with Crippen LogP contribution in [0.3, 0.4) is 0 Å². The maximum atomic E-state index is 13.9. The Morgan fingerprint density at radius 1 is 0.468 bits per heavy atom. The SMILES string of the molecule is COc1cc(N/N=C2/C(=O)c3ccc(Nc4ccc5c(c4)C=C(S(=O)(=O)O)/C(=N/Nc4cc(OC)c(N/N=C6\C=CC(=O)C(C(=O)O)=C6)cc4OC)C5=O)cc3C=C2S(=O)(=O)O)c(OC)cc1N/N=C1/C=CC(=O)C(C(=O)O)=C1. The predicted octanol–water partition coefficient (Wildman–Crippen LogP) is 5.09. The molecule has 0 saturated carbocycles. The summed E-state index contributed by atoms with van der Waals surface area (Å²) < 4.78 is 93.6. The Morgan fingerprint density at radius 2 is 0.797 bits per heavy atom. The Balaban J connectivity index is 1.02. The van der Waals surface area contributed by atoms with E-state index in [1.807, 2.05) is 0 Å². The molecule has 0 heterocycles. The van der Waals surface area contributed by atoms with Crippen LogP contribution in [0.2, 0.25) is 0 Å². The fourth-order valence-electron chi connectivity index (χ4n) is 7.74. The van der Waals surface area contributed by atoms with Crippen LogP contribution in [0.5, 0.6) is 23.0 Å². The average molecular weight is 1120 g/mol. The second-order valence-electron chi connectivity index (χ2n) is 16.4. The molecule has 404 valence electrons. The second kappa shape index (κ2) is 22.1. The molecular formula is C50H39N9O18S2. The number of fused-ring (bicyclic) bond motifs is 2. The summed E-state index contributed by atoms with van der Waals surface area (Å²) in [6.07, 6.45) is 8.78. The van der Waals surface area contributed by atoms with Crippen molar-refractivity contribution >= 4 is 124 Å². The molecule has 0 aromatic heterocycles. The molecule has 4 aromatic carbocycles. The Morgan fingerprint density at radius 3 is 1.10 bits per heavy atom. The first kappa shape index (κ1) is 54.9. The van der Waals surface area contributed by atoms with E-state index < -0.39 is 87.7 Å². The lowest BCUT2D eigenvalue weighted by Crippen LogP contribution is -2.27. The van der Waals surface area contributed by atoms with Gasteiger partial charge in [-0.3, -0.25) is 50.0 Å². The molecule has 4 aromatic rings. The molecule has 0 bridgehead atoms. The first-order valence-corrected chi connectivity index (χ1v) is 25.1. The number of hydrogen-bond donors (Lipinski definition) is 9. The third kappa shape index (κ3) is 11.7. The highest BCUT2D eigenvalue weighted by Crippen LogP contribution is 2.39. The fraction of sp³-hybridized carbons (Fsp3) is 0.0800. The zero-order valence-corrected chi connectivity index (χ0v) is 42.6. The summed E-state index contributed by atoms with van der Waals surface area (Å²) in [6.45, 7) is 0. The van der Waals surface area contributed by atoms with E-state index in [0.717, 1.165) is 36.5 Å². The molecular weight excluding hydrogens is 1080 g/mol. The number of carboxylic acids is 2. The van der Waals surface area contributed by atoms with Gasteiger partial charge >= 0.3 is 11.9 Å². The fourth-order valence-corrected chi connectivity index (χ4v) is 9.06. The van der Waals surface area contributed by atoms with E-state index in [-0.39, 0.29) is 90.8 Å². The molecule has 0 aliphatic heterocycles. The number of carbonyl (C=O) groups is 6. The molecule has 0 fully saturated rings. The van der Waals surface area contributed by atoms with Crippen molar-refractivity contribution in [3.63, 3.8) is 0 Å². The van der Waals surface area contributed by atoms with Gasteiger partial charge in [0.25, 0.3) is 20.2 Å². The van der Waals surface area contributed by atoms with E-state index in [1.54, 1.807) is 0 Å². The number of anilines is 6. The first-order valence-electron chi connectivity index (χ1n) is 22.3. The molecule has 79 heavy (non-hydrogen) atoms. The highest BCUT2D eigenvalue weighted by Gasteiger charge is 2.35. The molecule has 8 rings (SSSR count). The van der Waals surface area contributed by atoms with E-state index in [4.69, 9.17) is 18.9 Å². The Kier molecular flexibility index (Phi) is 15.3. The normalized spacial score (nSPS) is 17.0. The van der Waals surface area contributed by atoms with E-state index in [2.05, 4.69) is 47.4 Å². The van der Waals surface area contributed by atoms with Crippen molar-refractivity contribution < 1.29 is 83.9 Å². The van der Waals surface area contributed by atoms with Gasteiger partial charge in [0, 0.05) is 46.8 Å². The number of carboxylic acid groups (broad SMARTS) is 2. The van der Waals surface area contributed by atoms with Gasteiger partial charge in [-0.25, -0.2) is 9.59 Å². The zero-order valence-electron chi connectivity index (χ0n) is 41.0. The van der Waals surface area contributed by atoms with Crippen molar-refractivity contribution in [2.45, 2.75) is 0 Å². The van der Waals surface area contributed by atoms with Gasteiger partial charge in [-0.05, 0) is 96.1 Å². The topological polar surface area (TPSA) is 398 Å². The molecule has 0 radical (unpaired) electrons. The first-order chi connectivity index (χ1) is 37.5. The summed E-state index contributed by atoms with van der Waals surface area (Å²) in [5.74, 6) is -5.87. The standard InChI is InChI=1S/C50H39N9O18S2/c1-74-39-21-35(41(76-3)19-33(39)54-52-27-7-11-37(60)31(17-27)49(64)65)56-58-45-43(78(68,69)70)15-23-13-25(5-9-29(23)47(45)62)51-26-6-10-30-24(14-26)16-44(79(71,72)73)46(48(30)63)59-57-36-22-40(75-2)34(20-42(36)77-4)55-53-28-8-12-38(61)32(18-28)50(66)67/h5-22,51,54-57H,1-4H3,(H,64,65)(H,66,67)(H,68,69,70)(H,71,72,73)/b52-27-,53-28+,58-45+,59-46-. The molecule has 0 spiro atoms. The number of benzene rings is 4. The molecule has 4 aliphatic carbocycles. The van der Waals surface area contributed by atoms with E-state index >= 15 is 0 Å². The average Bonchev–Trinajstić information content (AvgIpc) is 3.47. The number of allylic oxidation sites excluding steroid dienone is 8. The lowest BCUT2D eigenvalue weighted by atomic mass is 9.93. The van der Waals surface area contributed by atoms with Crippen LogP contribution in [-0.2, 0) is 39.4 Å². The summed E-state index contributed by atoms with van der Waals surface area (Å²) in [6, 6.07) is 13.8. The quantitative estimate of drug-likeness (QED) is 0.0271. The minimum Gasteiger partial charge on any atom is -0.494 e. The molecule has 0 atom stereocenters. The van der Waals surface area contributed by atoms with Crippen molar-refractivity contribution in [1.29, 1.82) is 0 Å². The highest BCUT2D eigenvalue weighted by molar-refractivity contribution is 7.91. The molecule has 29 heteroatoms. The van der Waals surface area contributed by atoms with Gasteiger partial charge < -0.3 is 34.5 Å². The third-order valence-corrected chi connectivity index (χ3v) is 13.3. The molecule has 9 N–H and O–H groups in total. The van der Waals surface area contributed by atoms with Gasteiger partial charge in [-0.15, -0.1) is 0 Å². The van der Waals surface area contributed by atoms with Gasteiger partial charge in [0.05, 0.1) is 39.9 Å². The number of hydrogen-bond acceptors (Lipinski definition) is 23. The Hall–Kier alpha value is -10.4. The number of ketones is 4. The Labute approximate surface area is 445 Å². The van der Waals surface area contributed by atoms with Crippen molar-refractivity contribution in [2.24, 2.45) is 20.4 Å². The zero-order chi connectivity index (χ0) is 57.1. The third-order valence-electron chi connectivity index (χ3n) is 11.5. The number of carbonyl (C=O) groups excluding carboxylic acids is 4. The van der Waals surface area contributed by atoms with Crippen LogP contribution in [0.1, 0.15) is 31.8 Å². The van der Waals surface area contributed by atoms with Crippen LogP contribution in [0.25, 0.3) is 12.2 Å². The minimum atomic E-state index is -5.14. The number of Topliss-reactive ketones (excluding diaryl/α,β-unsaturated/α-hetero) is 2.